The van der Waals surface area contributed by atoms with Gasteiger partial charge >= 0.3 is 0 Å². The van der Waals surface area contributed by atoms with E-state index in [0.717, 1.165) is 26.2 Å². The zero-order chi connectivity index (χ0) is 15.2. The number of nitrogens with zero attached hydrogens (tertiary/aromatic N) is 2. The van der Waals surface area contributed by atoms with Crippen molar-refractivity contribution in [3.05, 3.63) is 24.3 Å². The van der Waals surface area contributed by atoms with E-state index in [4.69, 9.17) is 10.5 Å². The number of rotatable bonds is 5. The zero-order valence-electron chi connectivity index (χ0n) is 12.4. The number of hydrogen-bond acceptors (Lipinski definition) is 5. The number of anilines is 1. The first-order chi connectivity index (χ1) is 10.0. The fourth-order valence-corrected chi connectivity index (χ4v) is 2.35. The number of piperazine rings is 1. The molecule has 1 heterocycles. The average Bonchev–Trinajstić information content (AvgIpc) is 2.47. The van der Waals surface area contributed by atoms with Crippen LogP contribution in [0, 0.1) is 0 Å². The van der Waals surface area contributed by atoms with Crippen molar-refractivity contribution in [1.82, 2.24) is 9.80 Å². The Morgan fingerprint density at radius 3 is 2.48 bits per heavy atom. The van der Waals surface area contributed by atoms with Crippen LogP contribution in [0.15, 0.2) is 24.3 Å². The Morgan fingerprint density at radius 2 is 1.90 bits per heavy atom. The highest BCUT2D eigenvalue weighted by molar-refractivity contribution is 5.73. The van der Waals surface area contributed by atoms with Crippen molar-refractivity contribution in [3.8, 4) is 5.75 Å². The van der Waals surface area contributed by atoms with Gasteiger partial charge in [-0.25, -0.2) is 0 Å². The van der Waals surface area contributed by atoms with Gasteiger partial charge in [0.25, 0.3) is 0 Å². The summed E-state index contributed by atoms with van der Waals surface area (Å²) in [6.45, 7) is 5.42. The summed E-state index contributed by atoms with van der Waals surface area (Å²) < 4.78 is 5.53. The first-order valence-corrected chi connectivity index (χ1v) is 7.19. The fraction of sp³-hybridized carbons (Fsp3) is 0.533. The second-order valence-electron chi connectivity index (χ2n) is 5.34. The molecular formula is C15H23N3O3. The molecule has 21 heavy (non-hydrogen) atoms. The lowest BCUT2D eigenvalue weighted by Gasteiger charge is -2.35. The highest BCUT2D eigenvalue weighted by Gasteiger charge is 2.20. The standard InChI is InChI=1S/C15H23N3O3/c1-12(19)18-8-6-17(7-9-18)10-14(20)11-21-15-4-2-13(16)3-5-15/h2-5,14,20H,6-11,16H2,1H3. The van der Waals surface area contributed by atoms with Crippen molar-refractivity contribution < 1.29 is 14.6 Å². The van der Waals surface area contributed by atoms with Gasteiger partial charge in [0, 0.05) is 45.3 Å². The topological polar surface area (TPSA) is 79.0 Å². The van der Waals surface area contributed by atoms with E-state index in [1.807, 2.05) is 4.90 Å². The summed E-state index contributed by atoms with van der Waals surface area (Å²) in [5.41, 5.74) is 6.29. The van der Waals surface area contributed by atoms with Gasteiger partial charge in [-0.2, -0.15) is 0 Å². The molecule has 1 aliphatic rings. The average molecular weight is 293 g/mol. The van der Waals surface area contributed by atoms with Crippen molar-refractivity contribution in [3.63, 3.8) is 0 Å². The smallest absolute Gasteiger partial charge is 0.219 e. The predicted molar refractivity (Wildman–Crippen MR) is 81.1 cm³/mol. The molecule has 1 atom stereocenters. The van der Waals surface area contributed by atoms with Crippen molar-refractivity contribution in [2.24, 2.45) is 0 Å². The van der Waals surface area contributed by atoms with E-state index in [9.17, 15) is 9.90 Å². The van der Waals surface area contributed by atoms with E-state index in [1.54, 1.807) is 31.2 Å². The molecule has 2 rings (SSSR count). The fourth-order valence-electron chi connectivity index (χ4n) is 2.35. The van der Waals surface area contributed by atoms with Gasteiger partial charge in [-0.05, 0) is 24.3 Å². The Kier molecular flexibility index (Phi) is 5.41. The Labute approximate surface area is 125 Å². The molecule has 1 unspecified atom stereocenters. The zero-order valence-corrected chi connectivity index (χ0v) is 12.4. The minimum absolute atomic E-state index is 0.113. The van der Waals surface area contributed by atoms with Gasteiger partial charge in [0.15, 0.2) is 0 Å². The van der Waals surface area contributed by atoms with E-state index < -0.39 is 6.10 Å². The molecule has 1 aromatic rings. The third kappa shape index (κ3) is 4.91. The summed E-state index contributed by atoms with van der Waals surface area (Å²) >= 11 is 0. The molecule has 1 amide bonds. The Morgan fingerprint density at radius 1 is 1.29 bits per heavy atom. The number of hydrogen-bond donors (Lipinski definition) is 2. The van der Waals surface area contributed by atoms with Crippen LogP contribution < -0.4 is 10.5 Å². The molecule has 0 aromatic heterocycles. The Hall–Kier alpha value is -1.79. The summed E-state index contributed by atoms with van der Waals surface area (Å²) in [5.74, 6) is 0.812. The van der Waals surface area contributed by atoms with Crippen LogP contribution in [0.25, 0.3) is 0 Å². The molecule has 1 saturated heterocycles. The van der Waals surface area contributed by atoms with Gasteiger partial charge in [0.05, 0.1) is 0 Å². The van der Waals surface area contributed by atoms with Crippen LogP contribution in [-0.2, 0) is 4.79 Å². The molecule has 6 nitrogen and oxygen atoms in total. The minimum atomic E-state index is -0.550. The van der Waals surface area contributed by atoms with Gasteiger partial charge in [0.2, 0.25) is 5.91 Å². The van der Waals surface area contributed by atoms with E-state index in [-0.39, 0.29) is 12.5 Å². The number of carbonyl (C=O) groups is 1. The van der Waals surface area contributed by atoms with E-state index in [2.05, 4.69) is 4.90 Å². The van der Waals surface area contributed by atoms with E-state index >= 15 is 0 Å². The van der Waals surface area contributed by atoms with Crippen LogP contribution in [0.2, 0.25) is 0 Å². The molecule has 0 radical (unpaired) electrons. The number of amides is 1. The molecule has 0 bridgehead atoms. The number of carbonyl (C=O) groups excluding carboxylic acids is 1. The lowest BCUT2D eigenvalue weighted by molar-refractivity contribution is -0.130. The second-order valence-corrected chi connectivity index (χ2v) is 5.34. The monoisotopic (exact) mass is 293 g/mol. The summed E-state index contributed by atoms with van der Waals surface area (Å²) in [5, 5.41) is 10.0. The highest BCUT2D eigenvalue weighted by Crippen LogP contribution is 2.13. The molecule has 6 heteroatoms. The van der Waals surface area contributed by atoms with Crippen LogP contribution in [-0.4, -0.2) is 66.2 Å². The lowest BCUT2D eigenvalue weighted by atomic mass is 10.2. The molecule has 0 aliphatic carbocycles. The van der Waals surface area contributed by atoms with Crippen LogP contribution in [0.4, 0.5) is 5.69 Å². The van der Waals surface area contributed by atoms with Gasteiger partial charge < -0.3 is 20.5 Å². The summed E-state index contributed by atoms with van der Waals surface area (Å²) in [6.07, 6.45) is -0.550. The van der Waals surface area contributed by atoms with Crippen LogP contribution >= 0.6 is 0 Å². The Balaban J connectivity index is 1.69. The third-order valence-corrected chi connectivity index (χ3v) is 3.61. The maximum atomic E-state index is 11.2. The molecule has 0 spiro atoms. The molecule has 1 aliphatic heterocycles. The number of ether oxygens (including phenoxy) is 1. The van der Waals surface area contributed by atoms with Gasteiger partial charge in [-0.3, -0.25) is 9.69 Å². The van der Waals surface area contributed by atoms with Crippen LogP contribution in [0.3, 0.4) is 0 Å². The number of nitrogen functional groups attached to an aromatic ring is 1. The number of aliphatic hydroxyl groups excluding tert-OH is 1. The van der Waals surface area contributed by atoms with E-state index in [1.165, 1.54) is 0 Å². The minimum Gasteiger partial charge on any atom is -0.491 e. The first-order valence-electron chi connectivity index (χ1n) is 7.19. The van der Waals surface area contributed by atoms with E-state index in [0.29, 0.717) is 18.0 Å². The largest absolute Gasteiger partial charge is 0.491 e. The molecule has 1 aromatic carbocycles. The van der Waals surface area contributed by atoms with Crippen molar-refractivity contribution in [2.75, 3.05) is 45.1 Å². The van der Waals surface area contributed by atoms with Gasteiger partial charge in [0.1, 0.15) is 18.5 Å². The van der Waals surface area contributed by atoms with Gasteiger partial charge in [-0.1, -0.05) is 0 Å². The highest BCUT2D eigenvalue weighted by atomic mass is 16.5. The van der Waals surface area contributed by atoms with Gasteiger partial charge in [-0.15, -0.1) is 0 Å². The summed E-state index contributed by atoms with van der Waals surface area (Å²) in [6, 6.07) is 7.10. The first kappa shape index (κ1) is 15.6. The van der Waals surface area contributed by atoms with Crippen LogP contribution in [0.1, 0.15) is 6.92 Å². The third-order valence-electron chi connectivity index (χ3n) is 3.61. The Bertz CT molecular complexity index is 456. The lowest BCUT2D eigenvalue weighted by Crippen LogP contribution is -2.50. The quantitative estimate of drug-likeness (QED) is 0.757. The van der Waals surface area contributed by atoms with Crippen LogP contribution in [0.5, 0.6) is 5.75 Å². The molecule has 1 fully saturated rings. The molecule has 116 valence electrons. The SMILES string of the molecule is CC(=O)N1CCN(CC(O)COc2ccc(N)cc2)CC1. The van der Waals surface area contributed by atoms with Crippen molar-refractivity contribution in [2.45, 2.75) is 13.0 Å². The summed E-state index contributed by atoms with van der Waals surface area (Å²) in [4.78, 5) is 15.2. The normalized spacial score (nSPS) is 17.5. The van der Waals surface area contributed by atoms with Crippen molar-refractivity contribution in [1.29, 1.82) is 0 Å². The molecule has 0 saturated carbocycles. The number of β-amino-alcohol motifs (C(OH)–C–C–N with tert-alkyl or cyclic N) is 1. The van der Waals surface area contributed by atoms with Crippen molar-refractivity contribution >= 4 is 11.6 Å². The number of nitrogens with two attached hydrogens (primary N) is 1. The molecular weight excluding hydrogens is 270 g/mol. The predicted octanol–water partition coefficient (Wildman–Crippen LogP) is 0.173. The number of benzene rings is 1. The molecule has 3 N–H and O–H groups in total. The number of aliphatic hydroxyl groups is 1. The summed E-state index contributed by atoms with van der Waals surface area (Å²) in [7, 11) is 0. The maximum absolute atomic E-state index is 11.2. The maximum Gasteiger partial charge on any atom is 0.219 e. The second kappa shape index (κ2) is 7.28.